The Labute approximate surface area is 280 Å². The molecule has 0 aliphatic carbocycles. The SMILES string of the molecule is CC(C)(C)c1cc(-c2ncnc3c(F)c4ccccc4cc23)[c-]c2ccccc12.CCC(CC)C(=O)/C=C(\O)C(CC)CC.[Ir]. The minimum absolute atomic E-state index is 0. The van der Waals surface area contributed by atoms with Crippen LogP contribution in [0.5, 0.6) is 0 Å². The molecule has 0 bridgehead atoms. The van der Waals surface area contributed by atoms with Crippen LogP contribution in [0.15, 0.2) is 78.8 Å². The molecule has 0 fully saturated rings. The van der Waals surface area contributed by atoms with Gasteiger partial charge in [-0.25, -0.2) is 9.37 Å². The van der Waals surface area contributed by atoms with E-state index >= 15 is 4.39 Å². The Kier molecular flexibility index (Phi) is 12.6. The first kappa shape index (κ1) is 36.0. The first-order valence-corrected chi connectivity index (χ1v) is 15.8. The molecule has 6 heteroatoms. The summed E-state index contributed by atoms with van der Waals surface area (Å²) in [5.74, 6) is 0.240. The van der Waals surface area contributed by atoms with Gasteiger partial charge in [0.15, 0.2) is 11.6 Å². The smallest absolute Gasteiger partial charge is 0.162 e. The summed E-state index contributed by atoms with van der Waals surface area (Å²) in [5.41, 5.74) is 3.07. The fraction of sp³-hybridized carbons (Fsp3) is 0.359. The zero-order chi connectivity index (χ0) is 32.0. The molecule has 1 aromatic heterocycles. The van der Waals surface area contributed by atoms with Crippen LogP contribution in [0.2, 0.25) is 0 Å². The van der Waals surface area contributed by atoms with Crippen LogP contribution in [0.4, 0.5) is 4.39 Å². The largest absolute Gasteiger partial charge is 0.512 e. The molecule has 0 saturated heterocycles. The summed E-state index contributed by atoms with van der Waals surface area (Å²) < 4.78 is 15.2. The van der Waals surface area contributed by atoms with Gasteiger partial charge in [0.25, 0.3) is 0 Å². The summed E-state index contributed by atoms with van der Waals surface area (Å²) in [6.07, 6.45) is 6.35. The monoisotopic (exact) mass is 784 g/mol. The van der Waals surface area contributed by atoms with Crippen LogP contribution in [0, 0.1) is 23.7 Å². The Morgan fingerprint density at radius 1 is 0.867 bits per heavy atom. The molecule has 1 heterocycles. The Morgan fingerprint density at radius 2 is 1.47 bits per heavy atom. The third-order valence-corrected chi connectivity index (χ3v) is 8.51. The number of benzene rings is 4. The number of allylic oxidation sites excluding steroid dienone is 2. The second kappa shape index (κ2) is 15.7. The van der Waals surface area contributed by atoms with E-state index in [0.717, 1.165) is 42.0 Å². The van der Waals surface area contributed by atoms with E-state index < -0.39 is 0 Å². The molecule has 5 aromatic rings. The van der Waals surface area contributed by atoms with Crippen LogP contribution in [0.25, 0.3) is 43.7 Å². The van der Waals surface area contributed by atoms with Gasteiger partial charge in [-0.1, -0.05) is 108 Å². The molecule has 0 atom stereocenters. The number of halogens is 1. The van der Waals surface area contributed by atoms with Crippen molar-refractivity contribution in [2.24, 2.45) is 11.8 Å². The average molecular weight is 784 g/mol. The molecule has 0 aliphatic rings. The number of carbonyl (C=O) groups is 1. The van der Waals surface area contributed by atoms with Crippen molar-refractivity contribution in [2.75, 3.05) is 0 Å². The maximum atomic E-state index is 15.2. The van der Waals surface area contributed by atoms with E-state index in [-0.39, 0.29) is 54.7 Å². The molecule has 1 N–H and O–H groups in total. The summed E-state index contributed by atoms with van der Waals surface area (Å²) in [7, 11) is 0. The van der Waals surface area contributed by atoms with Gasteiger partial charge in [0.05, 0.1) is 5.76 Å². The molecule has 4 aromatic carbocycles. The molecular weight excluding hydrogens is 740 g/mol. The number of fused-ring (bicyclic) bond motifs is 3. The molecule has 0 aliphatic heterocycles. The average Bonchev–Trinajstić information content (AvgIpc) is 3.01. The molecule has 239 valence electrons. The van der Waals surface area contributed by atoms with Gasteiger partial charge in [-0.3, -0.25) is 9.78 Å². The molecule has 0 spiro atoms. The Bertz CT molecular complexity index is 1800. The second-order valence-corrected chi connectivity index (χ2v) is 12.4. The summed E-state index contributed by atoms with van der Waals surface area (Å²) in [5, 5.41) is 14.1. The molecular formula is C39H44FIrN2O2-. The fourth-order valence-corrected chi connectivity index (χ4v) is 5.79. The quantitative estimate of drug-likeness (QED) is 0.0737. The first-order valence-electron chi connectivity index (χ1n) is 15.8. The number of nitrogens with zero attached hydrogens (tertiary/aromatic N) is 2. The minimum atomic E-state index is -0.307. The zero-order valence-electron chi connectivity index (χ0n) is 27.4. The van der Waals surface area contributed by atoms with E-state index in [0.29, 0.717) is 22.0 Å². The Morgan fingerprint density at radius 3 is 2.09 bits per heavy atom. The molecule has 45 heavy (non-hydrogen) atoms. The molecule has 1 radical (unpaired) electrons. The van der Waals surface area contributed by atoms with Crippen LogP contribution in [0.1, 0.15) is 79.7 Å². The van der Waals surface area contributed by atoms with Crippen molar-refractivity contribution in [3.8, 4) is 11.3 Å². The summed E-state index contributed by atoms with van der Waals surface area (Å²) in [4.78, 5) is 20.5. The van der Waals surface area contributed by atoms with Gasteiger partial charge in [0.1, 0.15) is 11.8 Å². The van der Waals surface area contributed by atoms with Gasteiger partial charge in [-0.15, -0.1) is 29.1 Å². The summed E-state index contributed by atoms with van der Waals surface area (Å²) in [6.45, 7) is 14.7. The van der Waals surface area contributed by atoms with E-state index in [1.54, 1.807) is 6.07 Å². The molecule has 0 amide bonds. The fourth-order valence-electron chi connectivity index (χ4n) is 5.79. The van der Waals surface area contributed by atoms with E-state index in [9.17, 15) is 9.90 Å². The van der Waals surface area contributed by atoms with Crippen LogP contribution < -0.4 is 0 Å². The standard InChI is InChI=1S/C26H20FN2.C13H24O2.Ir/c1-26(2,3)22-14-18(12-16-8-4-6-10-19(16)22)24-21-13-17-9-5-7-11-20(17)23(27)25(21)29-15-28-24;1-5-10(6-2)12(14)9-13(15)11(7-3)8-4;/h4-11,13-15H,1-3H3;9-11,14H,5-8H2,1-4H3;/q-1;;/b;12-9-;. The molecule has 5 rings (SSSR count). The number of aliphatic hydroxyl groups excluding tert-OH is 1. The van der Waals surface area contributed by atoms with Crippen molar-refractivity contribution in [2.45, 2.75) is 79.6 Å². The van der Waals surface area contributed by atoms with Crippen molar-refractivity contribution in [1.29, 1.82) is 0 Å². The number of carbonyl (C=O) groups excluding carboxylic acids is 1. The van der Waals surface area contributed by atoms with Crippen molar-refractivity contribution < 1.29 is 34.4 Å². The van der Waals surface area contributed by atoms with Crippen LogP contribution in [0.3, 0.4) is 0 Å². The van der Waals surface area contributed by atoms with Crippen molar-refractivity contribution in [3.63, 3.8) is 0 Å². The normalized spacial score (nSPS) is 12.0. The number of rotatable bonds is 8. The number of hydrogen-bond acceptors (Lipinski definition) is 4. The van der Waals surface area contributed by atoms with E-state index in [2.05, 4.69) is 55.0 Å². The van der Waals surface area contributed by atoms with E-state index in [4.69, 9.17) is 0 Å². The van der Waals surface area contributed by atoms with E-state index in [1.807, 2.05) is 64.1 Å². The van der Waals surface area contributed by atoms with Gasteiger partial charge in [0, 0.05) is 49.1 Å². The summed E-state index contributed by atoms with van der Waals surface area (Å²) >= 11 is 0. The van der Waals surface area contributed by atoms with Gasteiger partial charge < -0.3 is 5.11 Å². The van der Waals surface area contributed by atoms with Crippen molar-refractivity contribution in [1.82, 2.24) is 9.97 Å². The van der Waals surface area contributed by atoms with Crippen LogP contribution in [-0.2, 0) is 30.3 Å². The maximum Gasteiger partial charge on any atom is 0.162 e. The number of hydrogen-bond donors (Lipinski definition) is 1. The number of aromatic nitrogens is 2. The van der Waals surface area contributed by atoms with Gasteiger partial charge in [-0.2, -0.15) is 0 Å². The van der Waals surface area contributed by atoms with Crippen molar-refractivity contribution in [3.05, 3.63) is 96.3 Å². The first-order chi connectivity index (χ1) is 21.0. The predicted molar refractivity (Wildman–Crippen MR) is 181 cm³/mol. The molecule has 4 nitrogen and oxygen atoms in total. The van der Waals surface area contributed by atoms with Gasteiger partial charge >= 0.3 is 0 Å². The Balaban J connectivity index is 0.000000297. The van der Waals surface area contributed by atoms with E-state index in [1.165, 1.54) is 23.4 Å². The van der Waals surface area contributed by atoms with Crippen molar-refractivity contribution >= 4 is 38.2 Å². The molecule has 0 unspecified atom stereocenters. The third kappa shape index (κ3) is 8.04. The van der Waals surface area contributed by atoms with Gasteiger partial charge in [-0.05, 0) is 41.9 Å². The summed E-state index contributed by atoms with van der Waals surface area (Å²) in [6, 6.07) is 23.3. The number of aliphatic hydroxyl groups is 1. The van der Waals surface area contributed by atoms with Crippen LogP contribution >= 0.6 is 0 Å². The number of ketones is 1. The molecule has 0 saturated carbocycles. The second-order valence-electron chi connectivity index (χ2n) is 12.4. The third-order valence-electron chi connectivity index (χ3n) is 8.51. The maximum absolute atomic E-state index is 15.2. The van der Waals surface area contributed by atoms with Crippen LogP contribution in [-0.4, -0.2) is 20.9 Å². The minimum Gasteiger partial charge on any atom is -0.512 e. The topological polar surface area (TPSA) is 63.1 Å². The Hall–Kier alpha value is -3.47. The zero-order valence-corrected chi connectivity index (χ0v) is 29.8. The predicted octanol–water partition coefficient (Wildman–Crippen LogP) is 10.7. The van der Waals surface area contributed by atoms with Gasteiger partial charge in [0.2, 0.25) is 0 Å².